The lowest BCUT2D eigenvalue weighted by atomic mass is 9.76. The fourth-order valence-electron chi connectivity index (χ4n) is 2.32. The van der Waals surface area contributed by atoms with Crippen molar-refractivity contribution in [2.45, 2.75) is 29.0 Å². The number of rotatable bonds is 6. The van der Waals surface area contributed by atoms with Gasteiger partial charge in [-0.1, -0.05) is 11.3 Å². The number of thiophene rings is 1. The highest BCUT2D eigenvalue weighted by atomic mass is 32.2. The van der Waals surface area contributed by atoms with Gasteiger partial charge in [0.25, 0.3) is 0 Å². The minimum Gasteiger partial charge on any atom is -0.385 e. The number of likely N-dealkylation sites (N-methyl/N-ethyl adjacent to an activating group) is 1. The lowest BCUT2D eigenvalue weighted by molar-refractivity contribution is -0.383. The zero-order valence-electron chi connectivity index (χ0n) is 11.8. The van der Waals surface area contributed by atoms with E-state index in [0.717, 1.165) is 25.3 Å². The molecule has 0 unspecified atom stereocenters. The van der Waals surface area contributed by atoms with Crippen molar-refractivity contribution in [3.05, 3.63) is 16.2 Å². The van der Waals surface area contributed by atoms with Crippen molar-refractivity contribution in [1.82, 2.24) is 9.62 Å². The van der Waals surface area contributed by atoms with E-state index in [2.05, 4.69) is 4.72 Å². The zero-order valence-corrected chi connectivity index (χ0v) is 13.5. The number of sulfonamides is 1. The Morgan fingerprint density at radius 1 is 1.52 bits per heavy atom. The van der Waals surface area contributed by atoms with Crippen molar-refractivity contribution >= 4 is 32.0 Å². The third-order valence-corrected chi connectivity index (χ3v) is 6.83. The maximum atomic E-state index is 12.2. The van der Waals surface area contributed by atoms with Crippen LogP contribution in [-0.2, 0) is 10.0 Å². The molecule has 0 radical (unpaired) electrons. The number of nitrogens with zero attached hydrogens (tertiary/aromatic N) is 2. The maximum absolute atomic E-state index is 12.2. The topological polar surface area (TPSA) is 119 Å². The van der Waals surface area contributed by atoms with Gasteiger partial charge in [0.1, 0.15) is 4.21 Å². The zero-order chi connectivity index (χ0) is 15.8. The Balaban J connectivity index is 2.15. The first kappa shape index (κ1) is 16.1. The van der Waals surface area contributed by atoms with Crippen LogP contribution in [-0.4, -0.2) is 44.4 Å². The van der Waals surface area contributed by atoms with E-state index in [4.69, 9.17) is 5.73 Å². The van der Waals surface area contributed by atoms with Crippen molar-refractivity contribution in [3.63, 3.8) is 0 Å². The van der Waals surface area contributed by atoms with Gasteiger partial charge in [0.15, 0.2) is 5.00 Å². The Morgan fingerprint density at radius 3 is 2.52 bits per heavy atom. The van der Waals surface area contributed by atoms with Crippen LogP contribution >= 0.6 is 11.3 Å². The van der Waals surface area contributed by atoms with Crippen LogP contribution in [0.2, 0.25) is 0 Å². The number of nitro groups is 1. The summed E-state index contributed by atoms with van der Waals surface area (Å²) in [5.74, 6) is 0. The van der Waals surface area contributed by atoms with Gasteiger partial charge < -0.3 is 10.6 Å². The summed E-state index contributed by atoms with van der Waals surface area (Å²) in [6.07, 6.45) is 2.92. The van der Waals surface area contributed by atoms with E-state index in [1.165, 1.54) is 0 Å². The predicted octanol–water partition coefficient (Wildman–Crippen LogP) is 1.00. The quantitative estimate of drug-likeness (QED) is 0.592. The molecule has 0 aromatic carbocycles. The first-order valence-electron chi connectivity index (χ1n) is 6.39. The second-order valence-corrected chi connectivity index (χ2v) is 8.45. The third kappa shape index (κ3) is 3.03. The van der Waals surface area contributed by atoms with Crippen molar-refractivity contribution in [2.75, 3.05) is 26.4 Å². The highest BCUT2D eigenvalue weighted by Gasteiger charge is 2.40. The van der Waals surface area contributed by atoms with Crippen LogP contribution in [0.4, 0.5) is 10.7 Å². The molecule has 8 nitrogen and oxygen atoms in total. The molecular weight excluding hydrogens is 316 g/mol. The highest BCUT2D eigenvalue weighted by Crippen LogP contribution is 2.37. The number of nitrogens with one attached hydrogen (secondary N) is 1. The van der Waals surface area contributed by atoms with E-state index in [1.54, 1.807) is 0 Å². The van der Waals surface area contributed by atoms with E-state index >= 15 is 0 Å². The van der Waals surface area contributed by atoms with Gasteiger partial charge in [-0.2, -0.15) is 0 Å². The maximum Gasteiger partial charge on any atom is 0.304 e. The van der Waals surface area contributed by atoms with E-state index in [1.807, 2.05) is 19.0 Å². The van der Waals surface area contributed by atoms with Crippen LogP contribution in [0, 0.1) is 10.1 Å². The van der Waals surface area contributed by atoms with Crippen LogP contribution in [0.25, 0.3) is 0 Å². The lowest BCUT2D eigenvalue weighted by Crippen LogP contribution is -2.57. The van der Waals surface area contributed by atoms with Crippen LogP contribution < -0.4 is 10.5 Å². The Kier molecular flexibility index (Phi) is 4.24. The molecule has 0 saturated heterocycles. The molecule has 118 valence electrons. The molecule has 1 aliphatic carbocycles. The van der Waals surface area contributed by atoms with Gasteiger partial charge >= 0.3 is 5.69 Å². The SMILES string of the molecule is CN(C)C1(CNS(=O)(=O)c2cc([N+](=O)[O-])c(N)s2)CCC1. The summed E-state index contributed by atoms with van der Waals surface area (Å²) in [6.45, 7) is 0.286. The average Bonchev–Trinajstić information content (AvgIpc) is 2.70. The Morgan fingerprint density at radius 2 is 2.14 bits per heavy atom. The second kappa shape index (κ2) is 5.52. The number of nitrogens with two attached hydrogens (primary N) is 1. The first-order chi connectivity index (χ1) is 9.68. The molecule has 0 amide bonds. The van der Waals surface area contributed by atoms with Crippen LogP contribution in [0.3, 0.4) is 0 Å². The van der Waals surface area contributed by atoms with E-state index < -0.39 is 14.9 Å². The predicted molar refractivity (Wildman–Crippen MR) is 80.8 cm³/mol. The van der Waals surface area contributed by atoms with Gasteiger partial charge in [-0.3, -0.25) is 10.1 Å². The minimum atomic E-state index is -3.78. The molecule has 0 spiro atoms. The molecule has 1 heterocycles. The molecule has 0 aliphatic heterocycles. The monoisotopic (exact) mass is 334 g/mol. The van der Waals surface area contributed by atoms with Gasteiger partial charge in [0.05, 0.1) is 4.92 Å². The van der Waals surface area contributed by atoms with Crippen LogP contribution in [0.5, 0.6) is 0 Å². The molecular formula is C11H18N4O4S2. The van der Waals surface area contributed by atoms with Crippen molar-refractivity contribution < 1.29 is 13.3 Å². The third-order valence-electron chi connectivity index (χ3n) is 4.00. The Bertz CT molecular complexity index is 649. The second-order valence-electron chi connectivity index (χ2n) is 5.37. The van der Waals surface area contributed by atoms with Crippen LogP contribution in [0.15, 0.2) is 10.3 Å². The van der Waals surface area contributed by atoms with Crippen molar-refractivity contribution in [3.8, 4) is 0 Å². The molecule has 2 rings (SSSR count). The van der Waals surface area contributed by atoms with Crippen LogP contribution in [0.1, 0.15) is 19.3 Å². The number of nitrogen functional groups attached to an aromatic ring is 1. The van der Waals surface area contributed by atoms with Gasteiger partial charge in [-0.15, -0.1) is 0 Å². The molecule has 1 aliphatic rings. The van der Waals surface area contributed by atoms with E-state index in [-0.39, 0.29) is 27.0 Å². The molecule has 21 heavy (non-hydrogen) atoms. The van der Waals surface area contributed by atoms with E-state index in [0.29, 0.717) is 11.3 Å². The summed E-state index contributed by atoms with van der Waals surface area (Å²) < 4.78 is 26.9. The summed E-state index contributed by atoms with van der Waals surface area (Å²) in [6, 6.07) is 1.01. The van der Waals surface area contributed by atoms with Gasteiger partial charge in [-0.05, 0) is 33.4 Å². The standard InChI is InChI=1S/C11H18N4O4S2/c1-14(2)11(4-3-5-11)7-13-21(18,19)9-6-8(15(16)17)10(12)20-9/h6,13H,3-5,7,12H2,1-2H3. The summed E-state index contributed by atoms with van der Waals surface area (Å²) in [4.78, 5) is 12.1. The smallest absolute Gasteiger partial charge is 0.304 e. The highest BCUT2D eigenvalue weighted by molar-refractivity contribution is 7.91. The Labute approximate surface area is 127 Å². The normalized spacial score (nSPS) is 17.7. The number of hydrogen-bond acceptors (Lipinski definition) is 7. The summed E-state index contributed by atoms with van der Waals surface area (Å²) >= 11 is 0.706. The van der Waals surface area contributed by atoms with Gasteiger partial charge in [0, 0.05) is 18.2 Å². The molecule has 1 aromatic heterocycles. The molecule has 1 fully saturated rings. The summed E-state index contributed by atoms with van der Waals surface area (Å²) in [5.41, 5.74) is 4.95. The van der Waals surface area contributed by atoms with Gasteiger partial charge in [-0.25, -0.2) is 13.1 Å². The van der Waals surface area contributed by atoms with Crippen molar-refractivity contribution in [1.29, 1.82) is 0 Å². The molecule has 1 saturated carbocycles. The van der Waals surface area contributed by atoms with Crippen molar-refractivity contribution in [2.24, 2.45) is 0 Å². The summed E-state index contributed by atoms with van der Waals surface area (Å²) in [7, 11) is 0.0552. The number of hydrogen-bond donors (Lipinski definition) is 2. The molecule has 3 N–H and O–H groups in total. The fourth-order valence-corrected chi connectivity index (χ4v) is 4.69. The number of anilines is 1. The minimum absolute atomic E-state index is 0.105. The average molecular weight is 334 g/mol. The lowest BCUT2D eigenvalue weighted by Gasteiger charge is -2.47. The molecule has 0 atom stereocenters. The van der Waals surface area contributed by atoms with Gasteiger partial charge in [0.2, 0.25) is 10.0 Å². The first-order valence-corrected chi connectivity index (χ1v) is 8.69. The van der Waals surface area contributed by atoms with E-state index in [9.17, 15) is 18.5 Å². The molecule has 1 aromatic rings. The summed E-state index contributed by atoms with van der Waals surface area (Å²) in [5, 5.41) is 10.6. The Hall–Kier alpha value is -1.23. The molecule has 0 bridgehead atoms. The molecule has 10 heteroatoms. The fraction of sp³-hybridized carbons (Fsp3) is 0.636. The largest absolute Gasteiger partial charge is 0.385 e.